The Morgan fingerprint density at radius 3 is 2.45 bits per heavy atom. The van der Waals surface area contributed by atoms with Crippen LogP contribution in [0.3, 0.4) is 0 Å². The molecule has 2 aliphatic rings. The second-order valence-electron chi connectivity index (χ2n) is 7.64. The number of nitro groups is 1. The molecule has 0 aliphatic carbocycles. The first kappa shape index (κ1) is 21.7. The summed E-state index contributed by atoms with van der Waals surface area (Å²) in [5, 5.41) is 12.2. The van der Waals surface area contributed by atoms with Gasteiger partial charge in [-0.3, -0.25) is 15.0 Å². The summed E-state index contributed by atoms with van der Waals surface area (Å²) in [6.45, 7) is 7.50. The third-order valence-electron chi connectivity index (χ3n) is 5.75. The van der Waals surface area contributed by atoms with Gasteiger partial charge in [-0.1, -0.05) is 23.7 Å². The molecule has 2 saturated heterocycles. The van der Waals surface area contributed by atoms with Crippen molar-refractivity contribution >= 4 is 28.7 Å². The quantitative estimate of drug-likeness (QED) is 0.477. The van der Waals surface area contributed by atoms with Crippen LogP contribution in [0.4, 0.5) is 17.1 Å². The number of piperazine rings is 1. The van der Waals surface area contributed by atoms with Gasteiger partial charge in [-0.2, -0.15) is 0 Å². The lowest BCUT2D eigenvalue weighted by molar-refractivity contribution is -0.384. The maximum absolute atomic E-state index is 11.5. The van der Waals surface area contributed by atoms with Crippen LogP contribution in [-0.2, 0) is 4.74 Å². The molecule has 0 saturated carbocycles. The Balaban J connectivity index is 1.34. The van der Waals surface area contributed by atoms with Crippen LogP contribution in [0.15, 0.2) is 42.5 Å². The van der Waals surface area contributed by atoms with Crippen LogP contribution in [0, 0.1) is 10.1 Å². The van der Waals surface area contributed by atoms with Crippen molar-refractivity contribution in [2.45, 2.75) is 0 Å². The summed E-state index contributed by atoms with van der Waals surface area (Å²) in [6, 6.07) is 12.9. The molecule has 8 nitrogen and oxygen atoms in total. The van der Waals surface area contributed by atoms with Gasteiger partial charge in [0, 0.05) is 57.6 Å². The summed E-state index contributed by atoms with van der Waals surface area (Å²) >= 11 is 6.13. The molecule has 0 bridgehead atoms. The second-order valence-corrected chi connectivity index (χ2v) is 8.04. The Bertz CT molecular complexity index is 899. The van der Waals surface area contributed by atoms with Gasteiger partial charge >= 0.3 is 0 Å². The van der Waals surface area contributed by atoms with Crippen molar-refractivity contribution in [3.63, 3.8) is 0 Å². The monoisotopic (exact) mass is 446 g/mol. The Hall–Kier alpha value is -2.55. The van der Waals surface area contributed by atoms with E-state index in [1.165, 1.54) is 0 Å². The molecule has 166 valence electrons. The van der Waals surface area contributed by atoms with E-state index in [9.17, 15) is 10.1 Å². The average Bonchev–Trinajstić information content (AvgIpc) is 2.81. The SMILES string of the molecule is O=[N+]([O-])c1ccc(N2CCN(CCOc3ccccc3Cl)CC2)cc1N1CCOCC1. The predicted octanol–water partition coefficient (Wildman–Crippen LogP) is 3.29. The van der Waals surface area contributed by atoms with E-state index in [-0.39, 0.29) is 10.6 Å². The van der Waals surface area contributed by atoms with Gasteiger partial charge in [-0.05, 0) is 24.3 Å². The van der Waals surface area contributed by atoms with Crippen molar-refractivity contribution < 1.29 is 14.4 Å². The van der Waals surface area contributed by atoms with Crippen molar-refractivity contribution in [3.05, 3.63) is 57.6 Å². The summed E-state index contributed by atoms with van der Waals surface area (Å²) in [6.07, 6.45) is 0. The van der Waals surface area contributed by atoms with Crippen LogP contribution in [0.5, 0.6) is 5.75 Å². The highest BCUT2D eigenvalue weighted by Gasteiger charge is 2.24. The minimum absolute atomic E-state index is 0.154. The molecule has 2 fully saturated rings. The number of hydrogen-bond donors (Lipinski definition) is 0. The van der Waals surface area contributed by atoms with Crippen molar-refractivity contribution in [1.82, 2.24) is 4.90 Å². The Morgan fingerprint density at radius 1 is 1.00 bits per heavy atom. The summed E-state index contributed by atoms with van der Waals surface area (Å²) in [4.78, 5) is 17.9. The van der Waals surface area contributed by atoms with Crippen LogP contribution in [0.25, 0.3) is 0 Å². The number of halogens is 1. The predicted molar refractivity (Wildman–Crippen MR) is 122 cm³/mol. The first-order chi connectivity index (χ1) is 15.1. The highest BCUT2D eigenvalue weighted by Crippen LogP contribution is 2.33. The van der Waals surface area contributed by atoms with Gasteiger partial charge in [-0.25, -0.2) is 0 Å². The zero-order valence-electron chi connectivity index (χ0n) is 17.4. The summed E-state index contributed by atoms with van der Waals surface area (Å²) in [5.74, 6) is 0.712. The maximum atomic E-state index is 11.5. The van der Waals surface area contributed by atoms with E-state index in [2.05, 4.69) is 9.80 Å². The Labute approximate surface area is 187 Å². The van der Waals surface area contributed by atoms with Crippen molar-refractivity contribution in [1.29, 1.82) is 0 Å². The van der Waals surface area contributed by atoms with E-state index in [0.717, 1.165) is 38.4 Å². The molecular weight excluding hydrogens is 420 g/mol. The lowest BCUT2D eigenvalue weighted by Gasteiger charge is -2.36. The minimum Gasteiger partial charge on any atom is -0.491 e. The lowest BCUT2D eigenvalue weighted by atomic mass is 10.1. The molecule has 31 heavy (non-hydrogen) atoms. The highest BCUT2D eigenvalue weighted by molar-refractivity contribution is 6.32. The molecule has 2 aromatic carbocycles. The summed E-state index contributed by atoms with van der Waals surface area (Å²) in [7, 11) is 0. The number of para-hydroxylation sites is 1. The van der Waals surface area contributed by atoms with Crippen LogP contribution in [0.2, 0.25) is 5.02 Å². The second kappa shape index (κ2) is 10.2. The molecule has 9 heteroatoms. The molecule has 0 aromatic heterocycles. The third-order valence-corrected chi connectivity index (χ3v) is 6.06. The van der Waals surface area contributed by atoms with E-state index in [4.69, 9.17) is 21.1 Å². The first-order valence-corrected chi connectivity index (χ1v) is 11.0. The van der Waals surface area contributed by atoms with E-state index >= 15 is 0 Å². The highest BCUT2D eigenvalue weighted by atomic mass is 35.5. The normalized spacial score (nSPS) is 17.6. The number of morpholine rings is 1. The van der Waals surface area contributed by atoms with Crippen molar-refractivity contribution in [3.8, 4) is 5.75 Å². The van der Waals surface area contributed by atoms with E-state index in [1.807, 2.05) is 41.3 Å². The van der Waals surface area contributed by atoms with Crippen molar-refractivity contribution in [2.75, 3.05) is 75.4 Å². The topological polar surface area (TPSA) is 71.3 Å². The number of hydrogen-bond acceptors (Lipinski definition) is 7. The van der Waals surface area contributed by atoms with Gasteiger partial charge in [0.15, 0.2) is 0 Å². The summed E-state index contributed by atoms with van der Waals surface area (Å²) in [5.41, 5.74) is 1.86. The Kier molecular flexibility index (Phi) is 7.11. The molecule has 0 spiro atoms. The molecule has 2 aliphatic heterocycles. The fraction of sp³-hybridized carbons (Fsp3) is 0.455. The van der Waals surface area contributed by atoms with Crippen molar-refractivity contribution in [2.24, 2.45) is 0 Å². The number of benzene rings is 2. The first-order valence-electron chi connectivity index (χ1n) is 10.6. The van der Waals surface area contributed by atoms with Crippen LogP contribution < -0.4 is 14.5 Å². The van der Waals surface area contributed by atoms with E-state index in [0.29, 0.717) is 49.4 Å². The minimum atomic E-state index is -0.300. The Morgan fingerprint density at radius 2 is 1.74 bits per heavy atom. The average molecular weight is 447 g/mol. The lowest BCUT2D eigenvalue weighted by Crippen LogP contribution is -2.47. The van der Waals surface area contributed by atoms with Crippen LogP contribution in [0.1, 0.15) is 0 Å². The largest absolute Gasteiger partial charge is 0.491 e. The van der Waals surface area contributed by atoms with Gasteiger partial charge in [0.25, 0.3) is 5.69 Å². The molecule has 0 atom stereocenters. The zero-order valence-corrected chi connectivity index (χ0v) is 18.2. The number of nitrogens with zero attached hydrogens (tertiary/aromatic N) is 4. The molecule has 0 N–H and O–H groups in total. The number of ether oxygens (including phenoxy) is 2. The van der Waals surface area contributed by atoms with Gasteiger partial charge in [0.05, 0.1) is 23.2 Å². The maximum Gasteiger partial charge on any atom is 0.292 e. The molecule has 0 radical (unpaired) electrons. The third kappa shape index (κ3) is 5.39. The molecule has 4 rings (SSSR count). The molecule has 0 unspecified atom stereocenters. The molecule has 2 heterocycles. The van der Waals surface area contributed by atoms with Gasteiger partial charge in [0.1, 0.15) is 18.0 Å². The number of nitro benzene ring substituents is 1. The molecule has 2 aromatic rings. The summed E-state index contributed by atoms with van der Waals surface area (Å²) < 4.78 is 11.2. The number of anilines is 2. The van der Waals surface area contributed by atoms with E-state index < -0.39 is 0 Å². The van der Waals surface area contributed by atoms with Gasteiger partial charge < -0.3 is 19.3 Å². The van der Waals surface area contributed by atoms with Crippen LogP contribution in [-0.4, -0.2) is 75.5 Å². The molecule has 0 amide bonds. The number of rotatable bonds is 7. The van der Waals surface area contributed by atoms with Crippen LogP contribution >= 0.6 is 11.6 Å². The van der Waals surface area contributed by atoms with E-state index in [1.54, 1.807) is 6.07 Å². The zero-order chi connectivity index (χ0) is 21.6. The van der Waals surface area contributed by atoms with Gasteiger partial charge in [-0.15, -0.1) is 0 Å². The molecular formula is C22H27ClN4O4. The van der Waals surface area contributed by atoms with Gasteiger partial charge in [0.2, 0.25) is 0 Å². The fourth-order valence-corrected chi connectivity index (χ4v) is 4.19. The fourth-order valence-electron chi connectivity index (χ4n) is 4.00. The standard InChI is InChI=1S/C22H27ClN4O4/c23-19-3-1-2-4-22(19)31-16-11-24-7-9-25(10-8-24)18-5-6-20(27(28)29)21(17-18)26-12-14-30-15-13-26/h1-6,17H,7-16H2. The smallest absolute Gasteiger partial charge is 0.292 e.